The van der Waals surface area contributed by atoms with Crippen molar-refractivity contribution in [3.05, 3.63) is 41.1 Å². The molecule has 0 unspecified atom stereocenters. The maximum Gasteiger partial charge on any atom is 0.253 e. The van der Waals surface area contributed by atoms with Gasteiger partial charge in [0.2, 0.25) is 5.89 Å². The van der Waals surface area contributed by atoms with Crippen molar-refractivity contribution in [3.8, 4) is 5.75 Å². The van der Waals surface area contributed by atoms with Crippen LogP contribution in [0.1, 0.15) is 22.9 Å². The summed E-state index contributed by atoms with van der Waals surface area (Å²) in [6.07, 6.45) is 0. The van der Waals surface area contributed by atoms with Crippen molar-refractivity contribution in [2.45, 2.75) is 27.4 Å². The van der Waals surface area contributed by atoms with E-state index in [1.165, 1.54) is 11.1 Å². The summed E-state index contributed by atoms with van der Waals surface area (Å²) in [4.78, 5) is 0. The fourth-order valence-corrected chi connectivity index (χ4v) is 1.34. The standard InChI is InChI=1S/C12H14N2O2/c1-8-4-5-11(6-9(8)2)15-7-12-14-13-10(3)16-12/h4-6H,7H2,1-3H3. The summed E-state index contributed by atoms with van der Waals surface area (Å²) in [5.74, 6) is 1.87. The largest absolute Gasteiger partial charge is 0.484 e. The smallest absolute Gasteiger partial charge is 0.253 e. The van der Waals surface area contributed by atoms with Gasteiger partial charge < -0.3 is 9.15 Å². The number of aryl methyl sites for hydroxylation is 3. The number of aromatic nitrogens is 2. The minimum atomic E-state index is 0.309. The zero-order chi connectivity index (χ0) is 11.5. The molecule has 16 heavy (non-hydrogen) atoms. The Morgan fingerprint density at radius 2 is 1.94 bits per heavy atom. The molecule has 0 spiro atoms. The third kappa shape index (κ3) is 2.39. The number of nitrogens with zero attached hydrogens (tertiary/aromatic N) is 2. The van der Waals surface area contributed by atoms with E-state index in [9.17, 15) is 0 Å². The van der Waals surface area contributed by atoms with Crippen molar-refractivity contribution < 1.29 is 9.15 Å². The summed E-state index contributed by atoms with van der Waals surface area (Å²) in [6.45, 7) is 6.19. The van der Waals surface area contributed by atoms with Crippen LogP contribution in [0.25, 0.3) is 0 Å². The molecule has 0 fully saturated rings. The fourth-order valence-electron chi connectivity index (χ4n) is 1.34. The Hall–Kier alpha value is -1.84. The van der Waals surface area contributed by atoms with Gasteiger partial charge in [0.1, 0.15) is 5.75 Å². The van der Waals surface area contributed by atoms with Crippen molar-refractivity contribution in [2.24, 2.45) is 0 Å². The molecule has 0 amide bonds. The summed E-state index contributed by atoms with van der Waals surface area (Å²) in [5.41, 5.74) is 2.46. The van der Waals surface area contributed by atoms with Gasteiger partial charge in [-0.05, 0) is 37.1 Å². The first-order valence-electron chi connectivity index (χ1n) is 5.14. The Morgan fingerprint density at radius 1 is 1.12 bits per heavy atom. The average Bonchev–Trinajstić information content (AvgIpc) is 2.66. The minimum Gasteiger partial charge on any atom is -0.484 e. The number of hydrogen-bond acceptors (Lipinski definition) is 4. The Kier molecular flexibility index (Phi) is 2.90. The molecule has 4 heteroatoms. The van der Waals surface area contributed by atoms with E-state index in [0.717, 1.165) is 5.75 Å². The predicted octanol–water partition coefficient (Wildman–Crippen LogP) is 2.57. The van der Waals surface area contributed by atoms with Gasteiger partial charge in [-0.25, -0.2) is 0 Å². The van der Waals surface area contributed by atoms with E-state index in [4.69, 9.17) is 9.15 Å². The zero-order valence-corrected chi connectivity index (χ0v) is 9.65. The topological polar surface area (TPSA) is 48.2 Å². The van der Waals surface area contributed by atoms with Crippen LogP contribution in [0.15, 0.2) is 22.6 Å². The van der Waals surface area contributed by atoms with Crippen molar-refractivity contribution in [1.82, 2.24) is 10.2 Å². The SMILES string of the molecule is Cc1nnc(COc2ccc(C)c(C)c2)o1. The van der Waals surface area contributed by atoms with Crippen LogP contribution < -0.4 is 4.74 Å². The van der Waals surface area contributed by atoms with E-state index in [-0.39, 0.29) is 0 Å². The molecule has 0 atom stereocenters. The molecule has 2 rings (SSSR count). The number of hydrogen-bond donors (Lipinski definition) is 0. The molecular formula is C12H14N2O2. The molecule has 0 aliphatic heterocycles. The Bertz CT molecular complexity index is 492. The quantitative estimate of drug-likeness (QED) is 0.794. The summed E-state index contributed by atoms with van der Waals surface area (Å²) >= 11 is 0. The third-order valence-electron chi connectivity index (χ3n) is 2.41. The number of benzene rings is 1. The second-order valence-corrected chi connectivity index (χ2v) is 3.75. The molecule has 0 bridgehead atoms. The van der Waals surface area contributed by atoms with Gasteiger partial charge in [0.25, 0.3) is 5.89 Å². The van der Waals surface area contributed by atoms with Gasteiger partial charge in [-0.1, -0.05) is 6.07 Å². The van der Waals surface area contributed by atoms with Crippen LogP contribution in [0.2, 0.25) is 0 Å². The Balaban J connectivity index is 2.02. The Labute approximate surface area is 94.3 Å². The monoisotopic (exact) mass is 218 g/mol. The van der Waals surface area contributed by atoms with Crippen molar-refractivity contribution in [2.75, 3.05) is 0 Å². The van der Waals surface area contributed by atoms with Crippen molar-refractivity contribution in [1.29, 1.82) is 0 Å². The van der Waals surface area contributed by atoms with Crippen LogP contribution >= 0.6 is 0 Å². The predicted molar refractivity (Wildman–Crippen MR) is 59.3 cm³/mol. The molecule has 0 saturated carbocycles. The molecule has 1 heterocycles. The van der Waals surface area contributed by atoms with E-state index in [0.29, 0.717) is 18.4 Å². The normalized spacial score (nSPS) is 10.4. The Morgan fingerprint density at radius 3 is 2.56 bits per heavy atom. The molecule has 1 aromatic carbocycles. The van der Waals surface area contributed by atoms with Crippen LogP contribution in [0.5, 0.6) is 5.75 Å². The lowest BCUT2D eigenvalue weighted by Gasteiger charge is -2.05. The molecule has 0 aliphatic rings. The van der Waals surface area contributed by atoms with Crippen LogP contribution in [0, 0.1) is 20.8 Å². The van der Waals surface area contributed by atoms with Gasteiger partial charge >= 0.3 is 0 Å². The van der Waals surface area contributed by atoms with E-state index in [1.54, 1.807) is 6.92 Å². The number of ether oxygens (including phenoxy) is 1. The molecule has 0 radical (unpaired) electrons. The fraction of sp³-hybridized carbons (Fsp3) is 0.333. The zero-order valence-electron chi connectivity index (χ0n) is 9.65. The molecular weight excluding hydrogens is 204 g/mol. The van der Waals surface area contributed by atoms with E-state index >= 15 is 0 Å². The van der Waals surface area contributed by atoms with Gasteiger partial charge in [0.05, 0.1) is 0 Å². The van der Waals surface area contributed by atoms with E-state index < -0.39 is 0 Å². The number of rotatable bonds is 3. The van der Waals surface area contributed by atoms with Gasteiger partial charge in [0, 0.05) is 6.92 Å². The van der Waals surface area contributed by atoms with Gasteiger partial charge in [-0.2, -0.15) is 0 Å². The highest BCUT2D eigenvalue weighted by molar-refractivity contribution is 5.33. The van der Waals surface area contributed by atoms with E-state index in [2.05, 4.69) is 24.0 Å². The summed E-state index contributed by atoms with van der Waals surface area (Å²) < 4.78 is 10.8. The third-order valence-corrected chi connectivity index (χ3v) is 2.41. The van der Waals surface area contributed by atoms with Gasteiger partial charge in [-0.3, -0.25) is 0 Å². The molecule has 2 aromatic rings. The second-order valence-electron chi connectivity index (χ2n) is 3.75. The van der Waals surface area contributed by atoms with Crippen LogP contribution in [0.3, 0.4) is 0 Å². The summed E-state index contributed by atoms with van der Waals surface area (Å²) in [6, 6.07) is 5.97. The summed E-state index contributed by atoms with van der Waals surface area (Å²) in [5, 5.41) is 7.59. The van der Waals surface area contributed by atoms with Crippen LogP contribution in [0.4, 0.5) is 0 Å². The molecule has 1 aromatic heterocycles. The lowest BCUT2D eigenvalue weighted by molar-refractivity contribution is 0.260. The van der Waals surface area contributed by atoms with Crippen LogP contribution in [-0.2, 0) is 6.61 Å². The van der Waals surface area contributed by atoms with Gasteiger partial charge in [0.15, 0.2) is 6.61 Å². The lowest BCUT2D eigenvalue weighted by atomic mass is 10.1. The van der Waals surface area contributed by atoms with Crippen molar-refractivity contribution in [3.63, 3.8) is 0 Å². The maximum absolute atomic E-state index is 5.54. The molecule has 4 nitrogen and oxygen atoms in total. The highest BCUT2D eigenvalue weighted by Gasteiger charge is 2.03. The molecule has 0 saturated heterocycles. The van der Waals surface area contributed by atoms with Crippen molar-refractivity contribution >= 4 is 0 Å². The molecule has 0 N–H and O–H groups in total. The highest BCUT2D eigenvalue weighted by Crippen LogP contribution is 2.17. The molecule has 84 valence electrons. The summed E-state index contributed by atoms with van der Waals surface area (Å²) in [7, 11) is 0. The first kappa shape index (κ1) is 10.7. The second kappa shape index (κ2) is 4.35. The first-order chi connectivity index (χ1) is 7.65. The highest BCUT2D eigenvalue weighted by atomic mass is 16.5. The maximum atomic E-state index is 5.54. The lowest BCUT2D eigenvalue weighted by Crippen LogP contribution is -1.96. The first-order valence-corrected chi connectivity index (χ1v) is 5.14. The average molecular weight is 218 g/mol. The van der Waals surface area contributed by atoms with Crippen LogP contribution in [-0.4, -0.2) is 10.2 Å². The van der Waals surface area contributed by atoms with E-state index in [1.807, 2.05) is 18.2 Å². The minimum absolute atomic E-state index is 0.309. The molecule has 0 aliphatic carbocycles. The van der Waals surface area contributed by atoms with Gasteiger partial charge in [-0.15, -0.1) is 10.2 Å².